The van der Waals surface area contributed by atoms with Crippen molar-refractivity contribution in [3.05, 3.63) is 24.3 Å². The van der Waals surface area contributed by atoms with Crippen molar-refractivity contribution in [2.75, 3.05) is 35.4 Å². The van der Waals surface area contributed by atoms with E-state index in [-0.39, 0.29) is 5.88 Å². The largest absolute Gasteiger partial charge is 0.386 e. The Morgan fingerprint density at radius 1 is 1.29 bits per heavy atom. The maximum Gasteiger partial charge on any atom is 0.115 e. The molecule has 1 aromatic carbocycles. The molecule has 92 valence electrons. The molecule has 0 bridgehead atoms. The number of hydrogen-bond acceptors (Lipinski definition) is 3. The molecular weight excluding hydrogens is 254 g/mol. The summed E-state index contributed by atoms with van der Waals surface area (Å²) in [5.74, 6) is 3.14. The summed E-state index contributed by atoms with van der Waals surface area (Å²) < 4.78 is 0. The van der Waals surface area contributed by atoms with Gasteiger partial charge in [0.05, 0.1) is 11.6 Å². The Hall–Kier alpha value is -0.870. The lowest BCUT2D eigenvalue weighted by Crippen LogP contribution is -2.32. The number of aliphatic imine (C=N–C) groups is 1. The molecule has 2 rings (SSSR count). The third-order valence-corrected chi connectivity index (χ3v) is 3.85. The maximum absolute atomic E-state index is 5.59. The first-order valence-corrected chi connectivity index (χ1v) is 7.30. The normalized spacial score (nSPS) is 17.2. The highest BCUT2D eigenvalue weighted by atomic mass is 35.5. The van der Waals surface area contributed by atoms with Crippen LogP contribution >= 0.6 is 23.4 Å². The van der Waals surface area contributed by atoms with Crippen molar-refractivity contribution in [2.24, 2.45) is 10.7 Å². The van der Waals surface area contributed by atoms with Crippen LogP contribution in [0.2, 0.25) is 0 Å². The van der Waals surface area contributed by atoms with E-state index in [4.69, 9.17) is 17.3 Å². The molecule has 0 aromatic heterocycles. The maximum atomic E-state index is 5.59. The molecule has 0 saturated carbocycles. The van der Waals surface area contributed by atoms with Gasteiger partial charge >= 0.3 is 0 Å². The lowest BCUT2D eigenvalue weighted by Gasteiger charge is -2.28. The van der Waals surface area contributed by atoms with Gasteiger partial charge in [-0.1, -0.05) is 0 Å². The van der Waals surface area contributed by atoms with Crippen LogP contribution in [0.4, 0.5) is 11.4 Å². The van der Waals surface area contributed by atoms with Crippen LogP contribution in [0.25, 0.3) is 0 Å². The van der Waals surface area contributed by atoms with E-state index in [0.717, 1.165) is 18.8 Å². The summed E-state index contributed by atoms with van der Waals surface area (Å²) in [5, 5.41) is 0. The molecule has 1 aliphatic rings. The van der Waals surface area contributed by atoms with Crippen LogP contribution in [0.1, 0.15) is 0 Å². The van der Waals surface area contributed by atoms with Gasteiger partial charge in [-0.3, -0.25) is 0 Å². The molecule has 3 nitrogen and oxygen atoms in total. The summed E-state index contributed by atoms with van der Waals surface area (Å²) in [6.07, 6.45) is 0. The second kappa shape index (κ2) is 6.17. The molecule has 0 unspecified atom stereocenters. The minimum Gasteiger partial charge on any atom is -0.386 e. The van der Waals surface area contributed by atoms with E-state index >= 15 is 0 Å². The number of nitrogens with zero attached hydrogens (tertiary/aromatic N) is 2. The standard InChI is InChI=1S/C12H16ClN3S/c13-9-12(14)15-10-1-3-11(4-2-10)16-5-7-17-8-6-16/h1-4H,5-9H2,(H2,14,15). The molecule has 0 spiro atoms. The number of alkyl halides is 1. The fourth-order valence-corrected chi connectivity index (χ4v) is 2.72. The second-order valence-electron chi connectivity index (χ2n) is 3.85. The monoisotopic (exact) mass is 269 g/mol. The van der Waals surface area contributed by atoms with Gasteiger partial charge in [0, 0.05) is 30.3 Å². The third kappa shape index (κ3) is 3.54. The molecule has 0 amide bonds. The molecule has 0 aliphatic carbocycles. The number of hydrogen-bond donors (Lipinski definition) is 1. The molecule has 1 saturated heterocycles. The summed E-state index contributed by atoms with van der Waals surface area (Å²) >= 11 is 7.60. The molecule has 17 heavy (non-hydrogen) atoms. The van der Waals surface area contributed by atoms with E-state index in [2.05, 4.69) is 22.0 Å². The van der Waals surface area contributed by atoms with Crippen LogP contribution in [0.5, 0.6) is 0 Å². The summed E-state index contributed by atoms with van der Waals surface area (Å²) in [6.45, 7) is 2.24. The number of thioether (sulfide) groups is 1. The molecule has 1 fully saturated rings. The van der Waals surface area contributed by atoms with Crippen molar-refractivity contribution < 1.29 is 0 Å². The quantitative estimate of drug-likeness (QED) is 0.521. The summed E-state index contributed by atoms with van der Waals surface area (Å²) in [6, 6.07) is 8.15. The minimum absolute atomic E-state index is 0.269. The second-order valence-corrected chi connectivity index (χ2v) is 5.34. The fraction of sp³-hybridized carbons (Fsp3) is 0.417. The smallest absolute Gasteiger partial charge is 0.115 e. The Kier molecular flexibility index (Phi) is 4.57. The highest BCUT2D eigenvalue weighted by Gasteiger charge is 2.10. The van der Waals surface area contributed by atoms with Crippen LogP contribution in [0, 0.1) is 0 Å². The average Bonchev–Trinajstić information content (AvgIpc) is 2.40. The predicted molar refractivity (Wildman–Crippen MR) is 78.0 cm³/mol. The third-order valence-electron chi connectivity index (χ3n) is 2.64. The number of benzene rings is 1. The van der Waals surface area contributed by atoms with E-state index in [0.29, 0.717) is 5.84 Å². The van der Waals surface area contributed by atoms with Crippen molar-refractivity contribution in [2.45, 2.75) is 0 Å². The zero-order valence-electron chi connectivity index (χ0n) is 9.60. The number of rotatable bonds is 3. The first-order valence-electron chi connectivity index (χ1n) is 5.61. The molecule has 1 heterocycles. The SMILES string of the molecule is NC(CCl)=Nc1ccc(N2CCSCC2)cc1. The van der Waals surface area contributed by atoms with Crippen LogP contribution in [-0.2, 0) is 0 Å². The topological polar surface area (TPSA) is 41.6 Å². The molecule has 1 aromatic rings. The van der Waals surface area contributed by atoms with E-state index in [1.165, 1.54) is 17.2 Å². The van der Waals surface area contributed by atoms with E-state index in [9.17, 15) is 0 Å². The number of anilines is 1. The zero-order valence-corrected chi connectivity index (χ0v) is 11.2. The highest BCUT2D eigenvalue weighted by molar-refractivity contribution is 7.99. The minimum atomic E-state index is 0.269. The average molecular weight is 270 g/mol. The Morgan fingerprint density at radius 2 is 1.94 bits per heavy atom. The van der Waals surface area contributed by atoms with E-state index < -0.39 is 0 Å². The van der Waals surface area contributed by atoms with Crippen molar-refractivity contribution >= 4 is 40.6 Å². The van der Waals surface area contributed by atoms with Gasteiger partial charge in [-0.05, 0) is 24.3 Å². The van der Waals surface area contributed by atoms with Crippen molar-refractivity contribution in [3.63, 3.8) is 0 Å². The summed E-state index contributed by atoms with van der Waals surface area (Å²) in [7, 11) is 0. The molecular formula is C12H16ClN3S. The highest BCUT2D eigenvalue weighted by Crippen LogP contribution is 2.22. The Morgan fingerprint density at radius 3 is 2.53 bits per heavy atom. The van der Waals surface area contributed by atoms with Gasteiger partial charge in [-0.2, -0.15) is 11.8 Å². The van der Waals surface area contributed by atoms with Gasteiger partial charge in [0.15, 0.2) is 0 Å². The van der Waals surface area contributed by atoms with Crippen LogP contribution in [0.15, 0.2) is 29.3 Å². The first-order chi connectivity index (χ1) is 8.29. The molecule has 2 N–H and O–H groups in total. The van der Waals surface area contributed by atoms with Crippen LogP contribution in [-0.4, -0.2) is 36.3 Å². The van der Waals surface area contributed by atoms with Crippen molar-refractivity contribution in [3.8, 4) is 0 Å². The summed E-state index contributed by atoms with van der Waals surface area (Å²) in [4.78, 5) is 6.60. The molecule has 0 atom stereocenters. The Bertz CT molecular complexity index is 385. The Labute approximate surface area is 111 Å². The molecule has 1 aliphatic heterocycles. The van der Waals surface area contributed by atoms with Gasteiger partial charge in [0.1, 0.15) is 5.84 Å². The van der Waals surface area contributed by atoms with Crippen molar-refractivity contribution in [1.29, 1.82) is 0 Å². The summed E-state index contributed by atoms with van der Waals surface area (Å²) in [5.41, 5.74) is 7.71. The molecule has 5 heteroatoms. The number of nitrogens with two attached hydrogens (primary N) is 1. The zero-order chi connectivity index (χ0) is 12.1. The van der Waals surface area contributed by atoms with Gasteiger partial charge in [0.25, 0.3) is 0 Å². The van der Waals surface area contributed by atoms with E-state index in [1.807, 2.05) is 23.9 Å². The lowest BCUT2D eigenvalue weighted by molar-refractivity contribution is 0.859. The van der Waals surface area contributed by atoms with Gasteiger partial charge in [-0.25, -0.2) is 4.99 Å². The lowest BCUT2D eigenvalue weighted by atomic mass is 10.2. The molecule has 0 radical (unpaired) electrons. The van der Waals surface area contributed by atoms with Crippen LogP contribution < -0.4 is 10.6 Å². The number of amidine groups is 1. The van der Waals surface area contributed by atoms with Gasteiger partial charge in [-0.15, -0.1) is 11.6 Å². The first kappa shape index (κ1) is 12.6. The fourth-order valence-electron chi connectivity index (χ4n) is 1.76. The number of halogens is 1. The van der Waals surface area contributed by atoms with Gasteiger partial charge < -0.3 is 10.6 Å². The van der Waals surface area contributed by atoms with E-state index in [1.54, 1.807) is 0 Å². The van der Waals surface area contributed by atoms with Gasteiger partial charge in [0.2, 0.25) is 0 Å². The van der Waals surface area contributed by atoms with Crippen LogP contribution in [0.3, 0.4) is 0 Å². The Balaban J connectivity index is 2.07. The van der Waals surface area contributed by atoms with Crippen molar-refractivity contribution in [1.82, 2.24) is 0 Å². The predicted octanol–water partition coefficient (Wildman–Crippen LogP) is 2.47.